The Kier molecular flexibility index (Phi) is 7.53. The van der Waals surface area contributed by atoms with Crippen molar-refractivity contribution in [3.8, 4) is 0 Å². The molecule has 0 aromatic heterocycles. The van der Waals surface area contributed by atoms with Crippen LogP contribution >= 0.6 is 0 Å². The molecular formula is C30H43NO3S. The van der Waals surface area contributed by atoms with Gasteiger partial charge in [0.15, 0.2) is 0 Å². The molecule has 0 heterocycles. The van der Waals surface area contributed by atoms with Crippen LogP contribution in [0.4, 0.5) is 0 Å². The fourth-order valence-electron chi connectivity index (χ4n) is 7.32. The Morgan fingerprint density at radius 1 is 1.20 bits per heavy atom. The van der Waals surface area contributed by atoms with Crippen LogP contribution in [0.5, 0.6) is 0 Å². The molecule has 192 valence electrons. The lowest BCUT2D eigenvalue weighted by Crippen LogP contribution is -2.43. The van der Waals surface area contributed by atoms with Crippen molar-refractivity contribution >= 4 is 9.73 Å². The number of aliphatic hydroxyl groups is 2. The minimum Gasteiger partial charge on any atom is -0.393 e. The van der Waals surface area contributed by atoms with Gasteiger partial charge in [-0.25, -0.2) is 8.99 Å². The lowest BCUT2D eigenvalue weighted by atomic mass is 9.53. The molecule has 3 fully saturated rings. The summed E-state index contributed by atoms with van der Waals surface area (Å²) in [6.45, 7) is 11.3. The molecule has 7 atom stereocenters. The molecule has 3 saturated carbocycles. The highest BCUT2D eigenvalue weighted by atomic mass is 32.2. The van der Waals surface area contributed by atoms with Gasteiger partial charge in [-0.05, 0) is 90.9 Å². The number of aliphatic hydroxyl groups excluding tert-OH is 2. The molecular weight excluding hydrogens is 454 g/mol. The van der Waals surface area contributed by atoms with Crippen molar-refractivity contribution in [2.75, 3.05) is 5.75 Å². The number of hydrogen-bond acceptors (Lipinski definition) is 4. The number of allylic oxidation sites excluding steroid dienone is 3. The van der Waals surface area contributed by atoms with Crippen LogP contribution in [0, 0.1) is 27.4 Å². The van der Waals surface area contributed by atoms with E-state index in [1.807, 2.05) is 30.3 Å². The average molecular weight is 498 g/mol. The summed E-state index contributed by atoms with van der Waals surface area (Å²) in [6, 6.07) is 9.27. The highest BCUT2D eigenvalue weighted by Gasteiger charge is 2.57. The van der Waals surface area contributed by atoms with Crippen LogP contribution in [0.2, 0.25) is 0 Å². The van der Waals surface area contributed by atoms with Gasteiger partial charge in [-0.2, -0.15) is 0 Å². The highest BCUT2D eigenvalue weighted by molar-refractivity contribution is 7.92. The molecule has 4 rings (SSSR count). The molecule has 0 saturated heterocycles. The fraction of sp³-hybridized carbons (Fsp3) is 0.600. The van der Waals surface area contributed by atoms with Gasteiger partial charge >= 0.3 is 0 Å². The van der Waals surface area contributed by atoms with E-state index in [4.69, 9.17) is 4.78 Å². The Bertz CT molecular complexity index is 1110. The van der Waals surface area contributed by atoms with Crippen molar-refractivity contribution in [3.63, 3.8) is 0 Å². The van der Waals surface area contributed by atoms with E-state index < -0.39 is 21.9 Å². The zero-order valence-electron chi connectivity index (χ0n) is 21.6. The number of rotatable bonds is 6. The molecule has 0 aliphatic heterocycles. The first kappa shape index (κ1) is 26.4. The van der Waals surface area contributed by atoms with Crippen LogP contribution in [0.1, 0.15) is 72.1 Å². The molecule has 4 nitrogen and oxygen atoms in total. The maximum Gasteiger partial charge on any atom is 0.0811 e. The van der Waals surface area contributed by atoms with Gasteiger partial charge in [-0.1, -0.05) is 63.3 Å². The number of nitrogens with one attached hydrogen (secondary N) is 1. The third-order valence-corrected chi connectivity index (χ3v) is 11.7. The van der Waals surface area contributed by atoms with Crippen LogP contribution in [-0.2, 0) is 9.73 Å². The SMILES string of the molecule is C=C1/C(=C\C=C2/CCC[C@]3(C)[C@@H]([C@H](C)CC[S@](=N)(=O)c4ccccc4)CC[C@@]23C)C[C@@H](O)C[C@@H]1O. The second-order valence-electron chi connectivity index (χ2n) is 11.7. The van der Waals surface area contributed by atoms with Gasteiger partial charge in [0.05, 0.1) is 21.9 Å². The van der Waals surface area contributed by atoms with E-state index in [0.29, 0.717) is 35.3 Å². The molecule has 0 spiro atoms. The van der Waals surface area contributed by atoms with Crippen LogP contribution in [-0.4, -0.2) is 32.4 Å². The molecule has 3 aliphatic rings. The predicted octanol–water partition coefficient (Wildman–Crippen LogP) is 6.65. The number of hydrogen-bond donors (Lipinski definition) is 3. The Morgan fingerprint density at radius 2 is 1.91 bits per heavy atom. The highest BCUT2D eigenvalue weighted by Crippen LogP contribution is 2.67. The maximum atomic E-state index is 13.1. The van der Waals surface area contributed by atoms with Crippen LogP contribution < -0.4 is 0 Å². The zero-order chi connectivity index (χ0) is 25.4. The van der Waals surface area contributed by atoms with E-state index in [-0.39, 0.29) is 10.8 Å². The molecule has 1 aromatic carbocycles. The third-order valence-electron chi connectivity index (χ3n) is 9.81. The third kappa shape index (κ3) is 4.97. The Hall–Kier alpha value is -1.69. The summed E-state index contributed by atoms with van der Waals surface area (Å²) in [5.41, 5.74) is 3.47. The molecule has 35 heavy (non-hydrogen) atoms. The van der Waals surface area contributed by atoms with E-state index in [0.717, 1.165) is 43.3 Å². The normalized spacial score (nSPS) is 38.3. The number of fused-ring (bicyclic) bond motifs is 1. The quantitative estimate of drug-likeness (QED) is 0.411. The Balaban J connectivity index is 1.51. The van der Waals surface area contributed by atoms with Crippen molar-refractivity contribution in [3.05, 3.63) is 65.8 Å². The zero-order valence-corrected chi connectivity index (χ0v) is 22.4. The van der Waals surface area contributed by atoms with Crippen molar-refractivity contribution in [1.82, 2.24) is 0 Å². The summed E-state index contributed by atoms with van der Waals surface area (Å²) in [7, 11) is -2.76. The lowest BCUT2D eigenvalue weighted by molar-refractivity contribution is 0.0361. The molecule has 0 unspecified atom stereocenters. The van der Waals surface area contributed by atoms with E-state index in [9.17, 15) is 14.4 Å². The molecule has 0 bridgehead atoms. The molecule has 0 amide bonds. The van der Waals surface area contributed by atoms with Gasteiger partial charge < -0.3 is 10.2 Å². The van der Waals surface area contributed by atoms with Crippen molar-refractivity contribution in [1.29, 1.82) is 4.78 Å². The number of benzene rings is 1. The smallest absolute Gasteiger partial charge is 0.0811 e. The van der Waals surface area contributed by atoms with Crippen molar-refractivity contribution in [2.24, 2.45) is 22.7 Å². The minimum atomic E-state index is -2.76. The molecule has 1 aromatic rings. The molecule has 3 aliphatic carbocycles. The first-order valence-electron chi connectivity index (χ1n) is 13.2. The van der Waals surface area contributed by atoms with Gasteiger partial charge in [0, 0.05) is 17.1 Å². The molecule has 0 radical (unpaired) electrons. The first-order valence-corrected chi connectivity index (χ1v) is 15.0. The molecule has 5 heteroatoms. The summed E-state index contributed by atoms with van der Waals surface area (Å²) in [5.74, 6) is 1.38. The topological polar surface area (TPSA) is 81.4 Å². The Morgan fingerprint density at radius 3 is 2.63 bits per heavy atom. The van der Waals surface area contributed by atoms with Gasteiger partial charge in [0.25, 0.3) is 0 Å². The average Bonchev–Trinajstić information content (AvgIpc) is 3.11. The lowest BCUT2D eigenvalue weighted by Gasteiger charge is -2.51. The van der Waals surface area contributed by atoms with Gasteiger partial charge in [0.2, 0.25) is 0 Å². The minimum absolute atomic E-state index is 0.107. The van der Waals surface area contributed by atoms with Crippen molar-refractivity contribution in [2.45, 2.75) is 89.2 Å². The van der Waals surface area contributed by atoms with Gasteiger partial charge in [0.1, 0.15) is 0 Å². The predicted molar refractivity (Wildman–Crippen MR) is 144 cm³/mol. The van der Waals surface area contributed by atoms with Gasteiger partial charge in [-0.15, -0.1) is 0 Å². The van der Waals surface area contributed by atoms with E-state index in [1.54, 1.807) is 0 Å². The largest absolute Gasteiger partial charge is 0.393 e. The van der Waals surface area contributed by atoms with Crippen LogP contribution in [0.25, 0.3) is 0 Å². The fourth-order valence-corrected chi connectivity index (χ4v) is 8.85. The van der Waals surface area contributed by atoms with Crippen LogP contribution in [0.3, 0.4) is 0 Å². The summed E-state index contributed by atoms with van der Waals surface area (Å²) in [5, 5.41) is 20.3. The summed E-state index contributed by atoms with van der Waals surface area (Å²) in [6.07, 6.45) is 10.7. The second-order valence-corrected chi connectivity index (χ2v) is 14.0. The standard InChI is InChI=1S/C30H43NO3S/c1-21(15-18-35(31,34)26-10-6-5-7-11-26)27-14-17-29(3)24(9-8-16-30(27,29)4)13-12-23-19-25(32)20-28(33)22(23)2/h5-7,10-13,21,25,27-28,31-33H,2,8-9,14-20H2,1,3-4H3/b23-12-,24-13+/t21-,25-,27-,28+,29+,30-,35+/m1/s1. The first-order chi connectivity index (χ1) is 16.5. The summed E-state index contributed by atoms with van der Waals surface area (Å²) >= 11 is 0. The maximum absolute atomic E-state index is 13.1. The van der Waals surface area contributed by atoms with Crippen molar-refractivity contribution < 1.29 is 14.4 Å². The molecule has 3 N–H and O–H groups in total. The second kappa shape index (κ2) is 9.99. The van der Waals surface area contributed by atoms with E-state index >= 15 is 0 Å². The summed E-state index contributed by atoms with van der Waals surface area (Å²) < 4.78 is 21.6. The van der Waals surface area contributed by atoms with E-state index in [1.165, 1.54) is 12.0 Å². The Labute approximate surface area is 212 Å². The van der Waals surface area contributed by atoms with E-state index in [2.05, 4.69) is 39.5 Å². The van der Waals surface area contributed by atoms with Gasteiger partial charge in [-0.3, -0.25) is 0 Å². The summed E-state index contributed by atoms with van der Waals surface area (Å²) in [4.78, 5) is 0.644. The monoisotopic (exact) mass is 497 g/mol. The van der Waals surface area contributed by atoms with Crippen LogP contribution in [0.15, 0.2) is 70.7 Å².